The van der Waals surface area contributed by atoms with Gasteiger partial charge in [0.1, 0.15) is 5.75 Å². The summed E-state index contributed by atoms with van der Waals surface area (Å²) in [5, 5.41) is 5.98. The summed E-state index contributed by atoms with van der Waals surface area (Å²) < 4.78 is 5.36. The van der Waals surface area contributed by atoms with Crippen LogP contribution in [0.15, 0.2) is 48.5 Å². The summed E-state index contributed by atoms with van der Waals surface area (Å²) in [5.41, 5.74) is 1.22. The van der Waals surface area contributed by atoms with Gasteiger partial charge in [-0.15, -0.1) is 0 Å². The molecular weight excluding hydrogens is 354 g/mol. The lowest BCUT2D eigenvalue weighted by atomic mass is 10.3. The first-order valence-electron chi connectivity index (χ1n) is 8.23. The molecule has 0 fully saturated rings. The van der Waals surface area contributed by atoms with Crippen LogP contribution in [0, 0.1) is 0 Å². The Morgan fingerprint density at radius 1 is 1.00 bits per heavy atom. The number of rotatable bonds is 8. The van der Waals surface area contributed by atoms with Gasteiger partial charge in [-0.1, -0.05) is 23.7 Å². The van der Waals surface area contributed by atoms with Gasteiger partial charge in [0.2, 0.25) is 11.8 Å². The fraction of sp³-hybridized carbons (Fsp3) is 0.263. The summed E-state index contributed by atoms with van der Waals surface area (Å²) in [6, 6.07) is 14.1. The van der Waals surface area contributed by atoms with E-state index in [1.165, 1.54) is 0 Å². The molecule has 138 valence electrons. The lowest BCUT2D eigenvalue weighted by Gasteiger charge is -2.16. The Bertz CT molecular complexity index is 750. The van der Waals surface area contributed by atoms with E-state index in [1.807, 2.05) is 6.92 Å². The second-order valence-electron chi connectivity index (χ2n) is 5.71. The van der Waals surface area contributed by atoms with Gasteiger partial charge in [-0.25, -0.2) is 0 Å². The summed E-state index contributed by atoms with van der Waals surface area (Å²) in [6.45, 7) is 2.66. The van der Waals surface area contributed by atoms with Crippen molar-refractivity contribution in [3.63, 3.8) is 0 Å². The molecule has 0 atom stereocenters. The van der Waals surface area contributed by atoms with Crippen LogP contribution in [-0.4, -0.2) is 43.5 Å². The highest BCUT2D eigenvalue weighted by Crippen LogP contribution is 2.20. The summed E-state index contributed by atoms with van der Waals surface area (Å²) in [7, 11) is 1.70. The Hall–Kier alpha value is -2.57. The molecule has 2 N–H and O–H groups in total. The molecule has 0 radical (unpaired) electrons. The molecule has 0 bridgehead atoms. The van der Waals surface area contributed by atoms with Crippen LogP contribution in [0.3, 0.4) is 0 Å². The van der Waals surface area contributed by atoms with Crippen molar-refractivity contribution in [2.24, 2.45) is 0 Å². The molecule has 0 saturated heterocycles. The van der Waals surface area contributed by atoms with Crippen LogP contribution in [0.5, 0.6) is 5.75 Å². The first-order chi connectivity index (χ1) is 12.5. The Balaban J connectivity index is 1.79. The first kappa shape index (κ1) is 19.8. The van der Waals surface area contributed by atoms with E-state index < -0.39 is 0 Å². The number of benzene rings is 2. The summed E-state index contributed by atoms with van der Waals surface area (Å²) in [5.74, 6) is 0.301. The summed E-state index contributed by atoms with van der Waals surface area (Å²) in [6.07, 6.45) is 0. The normalized spacial score (nSPS) is 10.5. The van der Waals surface area contributed by atoms with Crippen molar-refractivity contribution in [1.82, 2.24) is 4.90 Å². The van der Waals surface area contributed by atoms with Crippen LogP contribution in [0.25, 0.3) is 0 Å². The number of carbonyl (C=O) groups is 2. The lowest BCUT2D eigenvalue weighted by Crippen LogP contribution is -2.36. The number of hydrogen-bond acceptors (Lipinski definition) is 4. The van der Waals surface area contributed by atoms with Crippen LogP contribution < -0.4 is 15.4 Å². The maximum atomic E-state index is 12.1. The Morgan fingerprint density at radius 3 is 2.23 bits per heavy atom. The fourth-order valence-corrected chi connectivity index (χ4v) is 2.48. The number of ether oxygens (including phenoxy) is 1. The molecular formula is C19H22ClN3O3. The molecule has 6 nitrogen and oxygen atoms in total. The quantitative estimate of drug-likeness (QED) is 0.743. The van der Waals surface area contributed by atoms with Gasteiger partial charge in [-0.05, 0) is 50.4 Å². The largest absolute Gasteiger partial charge is 0.494 e. The van der Waals surface area contributed by atoms with Gasteiger partial charge in [0, 0.05) is 5.69 Å². The first-order valence-corrected chi connectivity index (χ1v) is 8.61. The molecule has 0 aliphatic heterocycles. The van der Waals surface area contributed by atoms with E-state index in [9.17, 15) is 9.59 Å². The van der Waals surface area contributed by atoms with Crippen LogP contribution in [0.4, 0.5) is 11.4 Å². The van der Waals surface area contributed by atoms with Gasteiger partial charge in [0.05, 0.1) is 30.4 Å². The van der Waals surface area contributed by atoms with Crippen LogP contribution in [0.2, 0.25) is 5.02 Å². The number of amides is 2. The molecule has 0 saturated carbocycles. The van der Waals surface area contributed by atoms with Gasteiger partial charge < -0.3 is 15.4 Å². The highest BCUT2D eigenvalue weighted by molar-refractivity contribution is 6.33. The third kappa shape index (κ3) is 6.38. The zero-order valence-corrected chi connectivity index (χ0v) is 15.5. The fourth-order valence-electron chi connectivity index (χ4n) is 2.30. The molecule has 2 aromatic carbocycles. The van der Waals surface area contributed by atoms with Crippen molar-refractivity contribution in [2.45, 2.75) is 6.92 Å². The monoisotopic (exact) mass is 375 g/mol. The van der Waals surface area contributed by atoms with Crippen molar-refractivity contribution in [3.8, 4) is 5.75 Å². The summed E-state index contributed by atoms with van der Waals surface area (Å²) >= 11 is 6.01. The molecule has 0 heterocycles. The van der Waals surface area contributed by atoms with E-state index in [1.54, 1.807) is 60.5 Å². The number of anilines is 2. The second-order valence-corrected chi connectivity index (χ2v) is 6.11. The van der Waals surface area contributed by atoms with Crippen molar-refractivity contribution in [1.29, 1.82) is 0 Å². The van der Waals surface area contributed by atoms with Crippen LogP contribution in [0.1, 0.15) is 6.92 Å². The second kappa shape index (κ2) is 9.79. The maximum absolute atomic E-state index is 12.1. The highest BCUT2D eigenvalue weighted by Gasteiger charge is 2.12. The van der Waals surface area contributed by atoms with E-state index in [4.69, 9.17) is 16.3 Å². The minimum atomic E-state index is -0.241. The van der Waals surface area contributed by atoms with E-state index >= 15 is 0 Å². The molecule has 2 amide bonds. The smallest absolute Gasteiger partial charge is 0.238 e. The minimum absolute atomic E-state index is 0.0714. The average molecular weight is 376 g/mol. The van der Waals surface area contributed by atoms with E-state index in [0.29, 0.717) is 23.0 Å². The number of likely N-dealkylation sites (N-methyl/N-ethyl adjacent to an activating group) is 1. The molecule has 0 unspecified atom stereocenters. The highest BCUT2D eigenvalue weighted by atomic mass is 35.5. The number of para-hydroxylation sites is 1. The number of hydrogen-bond donors (Lipinski definition) is 2. The predicted molar refractivity (Wildman–Crippen MR) is 104 cm³/mol. The molecule has 0 aromatic heterocycles. The molecule has 7 heteroatoms. The molecule has 2 aromatic rings. The van der Waals surface area contributed by atoms with Gasteiger partial charge in [0.25, 0.3) is 0 Å². The Labute approximate surface area is 158 Å². The molecule has 2 rings (SSSR count). The molecule has 0 aliphatic carbocycles. The van der Waals surface area contributed by atoms with Crippen LogP contribution in [-0.2, 0) is 9.59 Å². The predicted octanol–water partition coefficient (Wildman–Crippen LogP) is 3.25. The van der Waals surface area contributed by atoms with Gasteiger partial charge >= 0.3 is 0 Å². The summed E-state index contributed by atoms with van der Waals surface area (Å²) in [4.78, 5) is 25.8. The van der Waals surface area contributed by atoms with Crippen molar-refractivity contribution >= 4 is 34.8 Å². The SMILES string of the molecule is CCOc1ccc(NC(=O)CN(C)CC(=O)Nc2ccccc2Cl)cc1. The zero-order chi connectivity index (χ0) is 18.9. The molecule has 0 aliphatic rings. The number of nitrogens with one attached hydrogen (secondary N) is 2. The molecule has 26 heavy (non-hydrogen) atoms. The van der Waals surface area contributed by atoms with Gasteiger partial charge in [0.15, 0.2) is 0 Å². The number of halogens is 1. The lowest BCUT2D eigenvalue weighted by molar-refractivity contribution is -0.119. The van der Waals surface area contributed by atoms with Crippen molar-refractivity contribution < 1.29 is 14.3 Å². The van der Waals surface area contributed by atoms with E-state index in [-0.39, 0.29) is 24.9 Å². The van der Waals surface area contributed by atoms with E-state index in [0.717, 1.165) is 5.75 Å². The number of nitrogens with zero attached hydrogens (tertiary/aromatic N) is 1. The Kier molecular flexibility index (Phi) is 7.44. The zero-order valence-electron chi connectivity index (χ0n) is 14.8. The van der Waals surface area contributed by atoms with Gasteiger partial charge in [-0.2, -0.15) is 0 Å². The number of carbonyl (C=O) groups excluding carboxylic acids is 2. The van der Waals surface area contributed by atoms with Crippen LogP contribution >= 0.6 is 11.6 Å². The standard InChI is InChI=1S/C19H22ClN3O3/c1-3-26-15-10-8-14(9-11-15)21-18(24)12-23(2)13-19(25)22-17-7-5-4-6-16(17)20/h4-11H,3,12-13H2,1-2H3,(H,21,24)(H,22,25). The third-order valence-electron chi connectivity index (χ3n) is 3.42. The average Bonchev–Trinajstić information content (AvgIpc) is 2.58. The van der Waals surface area contributed by atoms with Crippen molar-refractivity contribution in [2.75, 3.05) is 37.4 Å². The third-order valence-corrected chi connectivity index (χ3v) is 3.75. The topological polar surface area (TPSA) is 70.7 Å². The maximum Gasteiger partial charge on any atom is 0.238 e. The Morgan fingerprint density at radius 2 is 1.62 bits per heavy atom. The van der Waals surface area contributed by atoms with Crippen molar-refractivity contribution in [3.05, 3.63) is 53.6 Å². The minimum Gasteiger partial charge on any atom is -0.494 e. The van der Waals surface area contributed by atoms with E-state index in [2.05, 4.69) is 10.6 Å². The van der Waals surface area contributed by atoms with Gasteiger partial charge in [-0.3, -0.25) is 14.5 Å². The molecule has 0 spiro atoms.